The van der Waals surface area contributed by atoms with Gasteiger partial charge in [-0.15, -0.1) is 6.58 Å². The van der Waals surface area contributed by atoms with Crippen LogP contribution >= 0.6 is 0 Å². The van der Waals surface area contributed by atoms with Gasteiger partial charge in [-0.1, -0.05) is 66.2 Å². The fourth-order valence-electron chi connectivity index (χ4n) is 3.59. The number of ether oxygens (including phenoxy) is 1. The zero-order valence-corrected chi connectivity index (χ0v) is 18.2. The Morgan fingerprint density at radius 2 is 1.67 bits per heavy atom. The molecule has 3 rings (SSSR count). The molecule has 1 heterocycles. The minimum atomic E-state index is -3.83. The summed E-state index contributed by atoms with van der Waals surface area (Å²) in [5.41, 5.74) is 5.11. The number of carbonyl (C=O) groups is 1. The average molecular weight is 426 g/mol. The summed E-state index contributed by atoms with van der Waals surface area (Å²) in [6.45, 7) is 6.02. The zero-order chi connectivity index (χ0) is 21.7. The van der Waals surface area contributed by atoms with Crippen LogP contribution < -0.4 is 0 Å². The highest BCUT2D eigenvalue weighted by Crippen LogP contribution is 2.28. The highest BCUT2D eigenvalue weighted by atomic mass is 32.2. The minimum absolute atomic E-state index is 0.0586. The van der Waals surface area contributed by atoms with E-state index >= 15 is 0 Å². The third-order valence-electron chi connectivity index (χ3n) is 5.25. The summed E-state index contributed by atoms with van der Waals surface area (Å²) in [5, 5.41) is -1.25. The van der Waals surface area contributed by atoms with Crippen molar-refractivity contribution in [1.29, 1.82) is 0 Å². The number of hydrogen-bond acceptors (Lipinski definition) is 4. The van der Waals surface area contributed by atoms with E-state index in [2.05, 4.69) is 43.0 Å². The van der Waals surface area contributed by atoms with Crippen LogP contribution in [0.3, 0.4) is 0 Å². The van der Waals surface area contributed by atoms with E-state index in [1.165, 1.54) is 11.4 Å². The number of carbonyl (C=O) groups excluding carboxylic acids is 1. The van der Waals surface area contributed by atoms with E-state index in [1.54, 1.807) is 6.92 Å². The van der Waals surface area contributed by atoms with Crippen LogP contribution in [0, 0.1) is 0 Å². The number of allylic oxidation sites excluding steroid dienone is 1. The van der Waals surface area contributed by atoms with Gasteiger partial charge >= 0.3 is 5.97 Å². The average Bonchev–Trinajstić information content (AvgIpc) is 2.77. The molecule has 0 saturated carbocycles. The second-order valence-corrected chi connectivity index (χ2v) is 9.61. The molecule has 0 saturated heterocycles. The van der Waals surface area contributed by atoms with Crippen molar-refractivity contribution in [3.05, 3.63) is 78.4 Å². The molecule has 0 aliphatic carbocycles. The van der Waals surface area contributed by atoms with Crippen LogP contribution in [0.4, 0.5) is 0 Å². The molecule has 1 aliphatic heterocycles. The Balaban J connectivity index is 1.75. The minimum Gasteiger partial charge on any atom is -0.468 e. The Kier molecular flexibility index (Phi) is 6.90. The van der Waals surface area contributed by atoms with Gasteiger partial charge in [-0.05, 0) is 42.0 Å². The second-order valence-electron chi connectivity index (χ2n) is 7.50. The summed E-state index contributed by atoms with van der Waals surface area (Å²) in [6, 6.07) is 18.4. The van der Waals surface area contributed by atoms with Gasteiger partial charge in [-0.25, -0.2) is 8.42 Å². The predicted molar refractivity (Wildman–Crippen MR) is 120 cm³/mol. The van der Waals surface area contributed by atoms with Gasteiger partial charge in [0.15, 0.2) is 5.25 Å². The molecule has 0 aromatic heterocycles. The van der Waals surface area contributed by atoms with Gasteiger partial charge in [0, 0.05) is 13.1 Å². The van der Waals surface area contributed by atoms with Crippen LogP contribution in [0.2, 0.25) is 0 Å². The number of esters is 1. The Labute approximate surface area is 178 Å². The van der Waals surface area contributed by atoms with Crippen LogP contribution in [0.15, 0.2) is 72.8 Å². The lowest BCUT2D eigenvalue weighted by molar-refractivity contribution is -0.140. The molecule has 0 spiro atoms. The summed E-state index contributed by atoms with van der Waals surface area (Å²) in [7, 11) is -2.62. The van der Waals surface area contributed by atoms with Gasteiger partial charge in [0.1, 0.15) is 0 Å². The SMILES string of the molecule is C=C(C)CC(C(=O)OC)S(=O)(=O)N1CC=C(c2ccc(-c3ccccc3)cc2)CC1. The van der Waals surface area contributed by atoms with Gasteiger partial charge in [0.05, 0.1) is 7.11 Å². The number of sulfonamides is 1. The second kappa shape index (κ2) is 9.41. The van der Waals surface area contributed by atoms with Crippen molar-refractivity contribution in [1.82, 2.24) is 4.31 Å². The van der Waals surface area contributed by atoms with Crippen molar-refractivity contribution in [2.45, 2.75) is 25.0 Å². The summed E-state index contributed by atoms with van der Waals surface area (Å²) in [4.78, 5) is 12.1. The Morgan fingerprint density at radius 3 is 2.20 bits per heavy atom. The first-order valence-electron chi connectivity index (χ1n) is 9.89. The van der Waals surface area contributed by atoms with Crippen LogP contribution in [0.5, 0.6) is 0 Å². The number of methoxy groups -OCH3 is 1. The van der Waals surface area contributed by atoms with Crippen molar-refractivity contribution in [2.75, 3.05) is 20.2 Å². The van der Waals surface area contributed by atoms with E-state index in [-0.39, 0.29) is 13.0 Å². The molecule has 0 radical (unpaired) electrons. The normalized spacial score (nSPS) is 15.9. The number of hydrogen-bond donors (Lipinski definition) is 0. The molecule has 0 amide bonds. The molecule has 0 fully saturated rings. The number of benzene rings is 2. The molecule has 0 N–H and O–H groups in total. The highest BCUT2D eigenvalue weighted by Gasteiger charge is 2.38. The molecule has 1 aliphatic rings. The lowest BCUT2D eigenvalue weighted by atomic mass is 9.97. The molecule has 2 aromatic rings. The molecular weight excluding hydrogens is 398 g/mol. The maximum Gasteiger partial charge on any atom is 0.325 e. The summed E-state index contributed by atoms with van der Waals surface area (Å²) in [6.07, 6.45) is 2.57. The first-order valence-corrected chi connectivity index (χ1v) is 11.4. The Hall–Kier alpha value is -2.70. The molecule has 30 heavy (non-hydrogen) atoms. The molecule has 5 nitrogen and oxygen atoms in total. The van der Waals surface area contributed by atoms with Crippen LogP contribution in [0.1, 0.15) is 25.3 Å². The van der Waals surface area contributed by atoms with Crippen molar-refractivity contribution in [3.63, 3.8) is 0 Å². The first-order chi connectivity index (χ1) is 14.3. The van der Waals surface area contributed by atoms with Gasteiger partial charge in [-0.3, -0.25) is 4.79 Å². The molecule has 1 atom stereocenters. The van der Waals surface area contributed by atoms with Crippen molar-refractivity contribution in [2.24, 2.45) is 0 Å². The monoisotopic (exact) mass is 425 g/mol. The predicted octanol–water partition coefficient (Wildman–Crippen LogP) is 4.28. The summed E-state index contributed by atoms with van der Waals surface area (Å²) < 4.78 is 32.1. The van der Waals surface area contributed by atoms with E-state index in [0.29, 0.717) is 18.5 Å². The van der Waals surface area contributed by atoms with Crippen molar-refractivity contribution < 1.29 is 17.9 Å². The van der Waals surface area contributed by atoms with Crippen LogP contribution in [-0.2, 0) is 19.6 Å². The van der Waals surface area contributed by atoms with E-state index in [1.807, 2.05) is 24.3 Å². The standard InChI is InChI=1S/C24H27NO4S/c1-18(2)17-23(24(26)29-3)30(27,28)25-15-13-22(14-16-25)21-11-9-20(10-12-21)19-7-5-4-6-8-19/h4-13,23H,1,14-17H2,2-3H3. The fraction of sp³-hybridized carbons (Fsp3) is 0.292. The third-order valence-corrected chi connectivity index (χ3v) is 7.38. The molecule has 6 heteroatoms. The quantitative estimate of drug-likeness (QED) is 0.491. The Morgan fingerprint density at radius 1 is 1.07 bits per heavy atom. The van der Waals surface area contributed by atoms with E-state index < -0.39 is 21.2 Å². The highest BCUT2D eigenvalue weighted by molar-refractivity contribution is 7.90. The molecule has 2 aromatic carbocycles. The summed E-state index contributed by atoms with van der Waals surface area (Å²) in [5.74, 6) is -0.746. The summed E-state index contributed by atoms with van der Waals surface area (Å²) >= 11 is 0. The first kappa shape index (κ1) is 22.0. The van der Waals surface area contributed by atoms with E-state index in [9.17, 15) is 13.2 Å². The van der Waals surface area contributed by atoms with Gasteiger partial charge in [0.25, 0.3) is 0 Å². The van der Waals surface area contributed by atoms with E-state index in [0.717, 1.165) is 22.3 Å². The van der Waals surface area contributed by atoms with Crippen molar-refractivity contribution >= 4 is 21.6 Å². The molecular formula is C24H27NO4S. The third kappa shape index (κ3) is 4.89. The zero-order valence-electron chi connectivity index (χ0n) is 17.4. The fourth-order valence-corrected chi connectivity index (χ4v) is 5.41. The van der Waals surface area contributed by atoms with E-state index in [4.69, 9.17) is 4.74 Å². The van der Waals surface area contributed by atoms with Crippen molar-refractivity contribution in [3.8, 4) is 11.1 Å². The largest absolute Gasteiger partial charge is 0.468 e. The maximum atomic E-state index is 13.0. The van der Waals surface area contributed by atoms with Crippen LogP contribution in [-0.4, -0.2) is 44.1 Å². The lowest BCUT2D eigenvalue weighted by Crippen LogP contribution is -2.45. The van der Waals surface area contributed by atoms with Gasteiger partial charge < -0.3 is 4.74 Å². The number of nitrogens with zero attached hydrogens (tertiary/aromatic N) is 1. The topological polar surface area (TPSA) is 63.7 Å². The number of rotatable bonds is 7. The molecule has 158 valence electrons. The molecule has 0 bridgehead atoms. The smallest absolute Gasteiger partial charge is 0.325 e. The van der Waals surface area contributed by atoms with Gasteiger partial charge in [-0.2, -0.15) is 4.31 Å². The molecule has 1 unspecified atom stereocenters. The Bertz CT molecular complexity index is 1040. The lowest BCUT2D eigenvalue weighted by Gasteiger charge is -2.29. The maximum absolute atomic E-state index is 13.0. The van der Waals surface area contributed by atoms with Gasteiger partial charge in [0.2, 0.25) is 10.0 Å². The van der Waals surface area contributed by atoms with Crippen LogP contribution in [0.25, 0.3) is 16.7 Å².